The third kappa shape index (κ3) is 1.84. The maximum absolute atomic E-state index is 10.4. The summed E-state index contributed by atoms with van der Waals surface area (Å²) in [4.78, 5) is 10.4. The first-order chi connectivity index (χ1) is 6.83. The van der Waals surface area contributed by atoms with E-state index < -0.39 is 0 Å². The SMILES string of the molecule is COc1ccc(/C=C2\CC2C=O)cc1. The molecule has 0 aromatic heterocycles. The Morgan fingerprint density at radius 1 is 1.36 bits per heavy atom. The first-order valence-corrected chi connectivity index (χ1v) is 4.63. The summed E-state index contributed by atoms with van der Waals surface area (Å²) in [5, 5.41) is 0. The molecule has 1 saturated carbocycles. The second-order valence-electron chi connectivity index (χ2n) is 3.44. The number of rotatable bonds is 3. The molecule has 0 radical (unpaired) electrons. The molecule has 0 amide bonds. The van der Waals surface area contributed by atoms with Crippen molar-refractivity contribution in [3.05, 3.63) is 35.4 Å². The summed E-state index contributed by atoms with van der Waals surface area (Å²) >= 11 is 0. The van der Waals surface area contributed by atoms with Crippen LogP contribution < -0.4 is 4.74 Å². The fourth-order valence-corrected chi connectivity index (χ4v) is 1.41. The number of hydrogen-bond donors (Lipinski definition) is 0. The van der Waals surface area contributed by atoms with Gasteiger partial charge in [-0.1, -0.05) is 23.8 Å². The van der Waals surface area contributed by atoms with E-state index in [1.54, 1.807) is 7.11 Å². The van der Waals surface area contributed by atoms with Crippen LogP contribution in [0.1, 0.15) is 12.0 Å². The highest BCUT2D eigenvalue weighted by Gasteiger charge is 2.28. The Morgan fingerprint density at radius 2 is 2.07 bits per heavy atom. The van der Waals surface area contributed by atoms with Crippen molar-refractivity contribution in [1.29, 1.82) is 0 Å². The highest BCUT2D eigenvalue weighted by atomic mass is 16.5. The maximum Gasteiger partial charge on any atom is 0.127 e. The Kier molecular flexibility index (Phi) is 2.35. The zero-order chi connectivity index (χ0) is 9.97. The van der Waals surface area contributed by atoms with E-state index >= 15 is 0 Å². The summed E-state index contributed by atoms with van der Waals surface area (Å²) in [7, 11) is 1.65. The quantitative estimate of drug-likeness (QED) is 0.680. The van der Waals surface area contributed by atoms with Crippen LogP contribution in [0.3, 0.4) is 0 Å². The van der Waals surface area contributed by atoms with E-state index in [0.717, 1.165) is 24.0 Å². The van der Waals surface area contributed by atoms with Crippen LogP contribution in [0, 0.1) is 5.92 Å². The number of hydrogen-bond acceptors (Lipinski definition) is 2. The summed E-state index contributed by atoms with van der Waals surface area (Å²) in [5.74, 6) is 1.03. The fraction of sp³-hybridized carbons (Fsp3) is 0.250. The molecule has 0 heterocycles. The molecule has 0 bridgehead atoms. The van der Waals surface area contributed by atoms with Crippen LogP contribution in [0.5, 0.6) is 5.75 Å². The van der Waals surface area contributed by atoms with Gasteiger partial charge in [0.1, 0.15) is 12.0 Å². The number of methoxy groups -OCH3 is 1. The molecule has 0 spiro atoms. The van der Waals surface area contributed by atoms with Crippen molar-refractivity contribution in [3.63, 3.8) is 0 Å². The van der Waals surface area contributed by atoms with Gasteiger partial charge in [-0.15, -0.1) is 0 Å². The number of carbonyl (C=O) groups excluding carboxylic acids is 1. The number of carbonyl (C=O) groups is 1. The Hall–Kier alpha value is -1.57. The first-order valence-electron chi connectivity index (χ1n) is 4.63. The predicted molar refractivity (Wildman–Crippen MR) is 55.1 cm³/mol. The molecule has 1 aliphatic carbocycles. The molecule has 2 heteroatoms. The van der Waals surface area contributed by atoms with Gasteiger partial charge in [0.15, 0.2) is 0 Å². The Balaban J connectivity index is 2.11. The van der Waals surface area contributed by atoms with Crippen LogP contribution in [-0.4, -0.2) is 13.4 Å². The predicted octanol–water partition coefficient (Wildman–Crippen LogP) is 2.30. The molecular weight excluding hydrogens is 176 g/mol. The standard InChI is InChI=1S/C12H12O2/c1-14-12-4-2-9(3-5-12)6-10-7-11(10)8-13/h2-6,8,11H,7H2,1H3/b10-6+. The van der Waals surface area contributed by atoms with E-state index in [-0.39, 0.29) is 5.92 Å². The van der Waals surface area contributed by atoms with Crippen molar-refractivity contribution in [3.8, 4) is 5.75 Å². The van der Waals surface area contributed by atoms with E-state index in [4.69, 9.17) is 4.74 Å². The van der Waals surface area contributed by atoms with E-state index in [1.165, 1.54) is 5.57 Å². The topological polar surface area (TPSA) is 26.3 Å². The lowest BCUT2D eigenvalue weighted by molar-refractivity contribution is -0.108. The van der Waals surface area contributed by atoms with Crippen molar-refractivity contribution in [2.24, 2.45) is 5.92 Å². The summed E-state index contributed by atoms with van der Waals surface area (Å²) in [6.45, 7) is 0. The first kappa shape index (κ1) is 9.00. The molecule has 0 aliphatic heterocycles. The minimum Gasteiger partial charge on any atom is -0.497 e. The summed E-state index contributed by atoms with van der Waals surface area (Å²) in [6, 6.07) is 7.83. The Labute approximate surface area is 83.2 Å². The maximum atomic E-state index is 10.4. The smallest absolute Gasteiger partial charge is 0.127 e. The number of aldehydes is 1. The van der Waals surface area contributed by atoms with Crippen molar-refractivity contribution < 1.29 is 9.53 Å². The summed E-state index contributed by atoms with van der Waals surface area (Å²) < 4.78 is 5.06. The van der Waals surface area contributed by atoms with E-state index in [2.05, 4.69) is 6.08 Å². The van der Waals surface area contributed by atoms with Crippen LogP contribution in [0.2, 0.25) is 0 Å². The molecule has 0 saturated heterocycles. The van der Waals surface area contributed by atoms with Gasteiger partial charge in [-0.3, -0.25) is 0 Å². The second-order valence-corrected chi connectivity index (χ2v) is 3.44. The molecule has 1 atom stereocenters. The molecule has 2 nitrogen and oxygen atoms in total. The number of ether oxygens (including phenoxy) is 1. The van der Waals surface area contributed by atoms with Gasteiger partial charge in [0.25, 0.3) is 0 Å². The highest BCUT2D eigenvalue weighted by molar-refractivity contribution is 5.73. The average Bonchev–Trinajstić information content (AvgIpc) is 2.98. The number of benzene rings is 1. The molecule has 72 valence electrons. The molecule has 1 aromatic rings. The van der Waals surface area contributed by atoms with Crippen molar-refractivity contribution >= 4 is 12.4 Å². The molecule has 0 N–H and O–H groups in total. The van der Waals surface area contributed by atoms with E-state index in [0.29, 0.717) is 0 Å². The van der Waals surface area contributed by atoms with E-state index in [9.17, 15) is 4.79 Å². The molecular formula is C12H12O2. The Bertz CT molecular complexity index is 362. The van der Waals surface area contributed by atoms with Crippen molar-refractivity contribution in [2.75, 3.05) is 7.11 Å². The lowest BCUT2D eigenvalue weighted by Gasteiger charge is -1.98. The van der Waals surface area contributed by atoms with Crippen LogP contribution >= 0.6 is 0 Å². The molecule has 2 rings (SSSR count). The lowest BCUT2D eigenvalue weighted by Crippen LogP contribution is -1.81. The van der Waals surface area contributed by atoms with Gasteiger partial charge in [0, 0.05) is 5.92 Å². The molecule has 1 aromatic carbocycles. The van der Waals surface area contributed by atoms with Crippen molar-refractivity contribution in [1.82, 2.24) is 0 Å². The average molecular weight is 188 g/mol. The molecule has 14 heavy (non-hydrogen) atoms. The third-order valence-electron chi connectivity index (χ3n) is 2.40. The highest BCUT2D eigenvalue weighted by Crippen LogP contribution is 2.37. The normalized spacial score (nSPS) is 22.1. The van der Waals surface area contributed by atoms with E-state index in [1.807, 2.05) is 24.3 Å². The zero-order valence-electron chi connectivity index (χ0n) is 8.07. The monoisotopic (exact) mass is 188 g/mol. The zero-order valence-corrected chi connectivity index (χ0v) is 8.07. The van der Waals surface area contributed by atoms with Crippen molar-refractivity contribution in [2.45, 2.75) is 6.42 Å². The van der Waals surface area contributed by atoms with Gasteiger partial charge in [-0.25, -0.2) is 0 Å². The van der Waals surface area contributed by atoms with Crippen LogP contribution in [-0.2, 0) is 4.79 Å². The van der Waals surface area contributed by atoms with Gasteiger partial charge in [-0.05, 0) is 24.1 Å². The molecule has 1 unspecified atom stereocenters. The van der Waals surface area contributed by atoms with Gasteiger partial charge < -0.3 is 9.53 Å². The van der Waals surface area contributed by atoms with Crippen LogP contribution in [0.4, 0.5) is 0 Å². The summed E-state index contributed by atoms with van der Waals surface area (Å²) in [5.41, 5.74) is 2.36. The van der Waals surface area contributed by atoms with Crippen LogP contribution in [0.15, 0.2) is 29.8 Å². The van der Waals surface area contributed by atoms with Gasteiger partial charge in [0.05, 0.1) is 7.11 Å². The van der Waals surface area contributed by atoms with Gasteiger partial charge in [0.2, 0.25) is 0 Å². The lowest BCUT2D eigenvalue weighted by atomic mass is 10.2. The third-order valence-corrected chi connectivity index (χ3v) is 2.40. The second kappa shape index (κ2) is 3.66. The molecule has 1 fully saturated rings. The minimum atomic E-state index is 0.178. The Morgan fingerprint density at radius 3 is 2.57 bits per heavy atom. The molecule has 1 aliphatic rings. The fourth-order valence-electron chi connectivity index (χ4n) is 1.41. The van der Waals surface area contributed by atoms with Gasteiger partial charge >= 0.3 is 0 Å². The number of allylic oxidation sites excluding steroid dienone is 1. The van der Waals surface area contributed by atoms with Crippen LogP contribution in [0.25, 0.3) is 6.08 Å². The van der Waals surface area contributed by atoms with Gasteiger partial charge in [-0.2, -0.15) is 0 Å². The minimum absolute atomic E-state index is 0.178. The largest absolute Gasteiger partial charge is 0.497 e. The summed E-state index contributed by atoms with van der Waals surface area (Å²) in [6.07, 6.45) is 4.00.